The average Bonchev–Trinajstić information content (AvgIpc) is 3.04. The van der Waals surface area contributed by atoms with Crippen LogP contribution in [-0.2, 0) is 0 Å². The zero-order chi connectivity index (χ0) is 11.5. The Morgan fingerprint density at radius 3 is 2.81 bits per heavy atom. The molecule has 1 saturated carbocycles. The number of aromatic nitrogens is 1. The molecule has 1 aromatic heterocycles. The lowest BCUT2D eigenvalue weighted by Gasteiger charge is -2.18. The summed E-state index contributed by atoms with van der Waals surface area (Å²) in [7, 11) is 0. The summed E-state index contributed by atoms with van der Waals surface area (Å²) in [5.41, 5.74) is 0. The first-order valence-corrected chi connectivity index (χ1v) is 6.52. The van der Waals surface area contributed by atoms with E-state index in [2.05, 4.69) is 17.2 Å². The van der Waals surface area contributed by atoms with Crippen LogP contribution in [0.5, 0.6) is 0 Å². The first kappa shape index (κ1) is 12.0. The van der Waals surface area contributed by atoms with Crippen molar-refractivity contribution in [2.24, 2.45) is 5.92 Å². The molecule has 1 unspecified atom stereocenters. The van der Waals surface area contributed by atoms with E-state index in [1.165, 1.54) is 19.3 Å². The molecule has 2 nitrogen and oxygen atoms in total. The molecule has 0 aliphatic heterocycles. The van der Waals surface area contributed by atoms with Gasteiger partial charge < -0.3 is 5.32 Å². The molecule has 0 spiro atoms. The number of hydrogen-bond donors (Lipinski definition) is 1. The summed E-state index contributed by atoms with van der Waals surface area (Å²) >= 11 is 11.9. The van der Waals surface area contributed by atoms with Crippen LogP contribution in [0.4, 0.5) is 5.82 Å². The molecule has 1 aliphatic carbocycles. The molecule has 88 valence electrons. The zero-order valence-corrected chi connectivity index (χ0v) is 10.9. The van der Waals surface area contributed by atoms with Crippen LogP contribution < -0.4 is 5.32 Å². The Bertz CT molecular complexity index is 364. The van der Waals surface area contributed by atoms with Gasteiger partial charge in [0.25, 0.3) is 0 Å². The Kier molecular flexibility index (Phi) is 3.93. The maximum Gasteiger partial charge on any atom is 0.145 e. The highest BCUT2D eigenvalue weighted by atomic mass is 35.5. The second kappa shape index (κ2) is 5.24. The maximum atomic E-state index is 6.07. The molecular weight excluding hydrogens is 243 g/mol. The molecule has 0 bridgehead atoms. The average molecular weight is 259 g/mol. The van der Waals surface area contributed by atoms with Gasteiger partial charge in [0.05, 0.1) is 10.0 Å². The predicted molar refractivity (Wildman–Crippen MR) is 69.3 cm³/mol. The molecule has 0 amide bonds. The Hall–Kier alpha value is -0.470. The normalized spacial score (nSPS) is 17.2. The van der Waals surface area contributed by atoms with Crippen molar-refractivity contribution in [3.05, 3.63) is 22.3 Å². The lowest BCUT2D eigenvalue weighted by molar-refractivity contribution is 0.585. The van der Waals surface area contributed by atoms with E-state index in [1.807, 2.05) is 0 Å². The smallest absolute Gasteiger partial charge is 0.145 e. The third kappa shape index (κ3) is 3.26. The summed E-state index contributed by atoms with van der Waals surface area (Å²) in [4.78, 5) is 4.22. The number of halogens is 2. The Labute approximate surface area is 106 Å². The molecule has 16 heavy (non-hydrogen) atoms. The minimum absolute atomic E-state index is 0.471. The van der Waals surface area contributed by atoms with E-state index in [9.17, 15) is 0 Å². The molecule has 1 fully saturated rings. The van der Waals surface area contributed by atoms with Crippen molar-refractivity contribution in [1.82, 2.24) is 4.98 Å². The second-order valence-electron chi connectivity index (χ2n) is 4.41. The van der Waals surface area contributed by atoms with Crippen molar-refractivity contribution in [3.8, 4) is 0 Å². The van der Waals surface area contributed by atoms with Gasteiger partial charge in [0.2, 0.25) is 0 Å². The number of hydrogen-bond acceptors (Lipinski definition) is 2. The lowest BCUT2D eigenvalue weighted by Crippen LogP contribution is -2.20. The van der Waals surface area contributed by atoms with Gasteiger partial charge in [-0.15, -0.1) is 0 Å². The predicted octanol–water partition coefficient (Wildman–Crippen LogP) is 4.38. The Morgan fingerprint density at radius 2 is 2.25 bits per heavy atom. The molecule has 0 radical (unpaired) electrons. The number of pyridine rings is 1. The number of nitrogens with zero attached hydrogens (tertiary/aromatic N) is 1. The van der Waals surface area contributed by atoms with E-state index >= 15 is 0 Å². The SMILES string of the molecule is CCC(CC1CC1)Nc1ncc(Cl)cc1Cl. The van der Waals surface area contributed by atoms with Crippen molar-refractivity contribution in [2.75, 3.05) is 5.32 Å². The van der Waals surface area contributed by atoms with Gasteiger partial charge in [0.1, 0.15) is 5.82 Å². The molecule has 0 aromatic carbocycles. The minimum atomic E-state index is 0.471. The van der Waals surface area contributed by atoms with Gasteiger partial charge in [0, 0.05) is 12.2 Å². The van der Waals surface area contributed by atoms with Gasteiger partial charge in [-0.3, -0.25) is 0 Å². The summed E-state index contributed by atoms with van der Waals surface area (Å²) in [6.07, 6.45) is 6.69. The molecule has 1 heterocycles. The molecule has 4 heteroatoms. The first-order chi connectivity index (χ1) is 7.69. The van der Waals surface area contributed by atoms with Crippen LogP contribution in [0.2, 0.25) is 10.0 Å². The van der Waals surface area contributed by atoms with Gasteiger partial charge in [-0.2, -0.15) is 0 Å². The fourth-order valence-corrected chi connectivity index (χ4v) is 2.23. The lowest BCUT2D eigenvalue weighted by atomic mass is 10.1. The fourth-order valence-electron chi connectivity index (χ4n) is 1.80. The summed E-state index contributed by atoms with van der Waals surface area (Å²) in [6.45, 7) is 2.18. The molecule has 1 atom stereocenters. The highest BCUT2D eigenvalue weighted by Gasteiger charge is 2.25. The van der Waals surface area contributed by atoms with Gasteiger partial charge in [-0.1, -0.05) is 43.0 Å². The standard InChI is InChI=1S/C12H16Cl2N2/c1-2-10(5-8-3-4-8)16-12-11(14)6-9(13)7-15-12/h6-8,10H,2-5H2,1H3,(H,15,16). The topological polar surface area (TPSA) is 24.9 Å². The number of rotatable bonds is 5. The monoisotopic (exact) mass is 258 g/mol. The number of nitrogens with one attached hydrogen (secondary N) is 1. The summed E-state index contributed by atoms with van der Waals surface area (Å²) in [5, 5.41) is 4.57. The first-order valence-electron chi connectivity index (χ1n) is 5.76. The van der Waals surface area contributed by atoms with Gasteiger partial charge in [-0.05, 0) is 24.8 Å². The van der Waals surface area contributed by atoms with Crippen LogP contribution in [-0.4, -0.2) is 11.0 Å². The number of anilines is 1. The summed E-state index contributed by atoms with van der Waals surface area (Å²) < 4.78 is 0. The largest absolute Gasteiger partial charge is 0.366 e. The van der Waals surface area contributed by atoms with E-state index in [1.54, 1.807) is 12.3 Å². The molecule has 1 aromatic rings. The van der Waals surface area contributed by atoms with Crippen molar-refractivity contribution in [1.29, 1.82) is 0 Å². The molecule has 1 aliphatic rings. The molecular formula is C12H16Cl2N2. The van der Waals surface area contributed by atoms with Crippen LogP contribution in [0.15, 0.2) is 12.3 Å². The van der Waals surface area contributed by atoms with E-state index in [4.69, 9.17) is 23.2 Å². The van der Waals surface area contributed by atoms with Crippen LogP contribution in [0, 0.1) is 5.92 Å². The third-order valence-corrected chi connectivity index (χ3v) is 3.45. The van der Waals surface area contributed by atoms with Crippen molar-refractivity contribution >= 4 is 29.0 Å². The van der Waals surface area contributed by atoms with Crippen molar-refractivity contribution in [3.63, 3.8) is 0 Å². The van der Waals surface area contributed by atoms with Crippen LogP contribution in [0.25, 0.3) is 0 Å². The minimum Gasteiger partial charge on any atom is -0.366 e. The van der Waals surface area contributed by atoms with Crippen LogP contribution >= 0.6 is 23.2 Å². The van der Waals surface area contributed by atoms with E-state index < -0.39 is 0 Å². The van der Waals surface area contributed by atoms with Gasteiger partial charge in [0.15, 0.2) is 0 Å². The van der Waals surface area contributed by atoms with Gasteiger partial charge >= 0.3 is 0 Å². The van der Waals surface area contributed by atoms with Crippen LogP contribution in [0.3, 0.4) is 0 Å². The summed E-state index contributed by atoms with van der Waals surface area (Å²) in [6, 6.07) is 2.20. The fraction of sp³-hybridized carbons (Fsp3) is 0.583. The quantitative estimate of drug-likeness (QED) is 0.848. The molecule has 1 N–H and O–H groups in total. The highest BCUT2D eigenvalue weighted by molar-refractivity contribution is 6.35. The van der Waals surface area contributed by atoms with Crippen molar-refractivity contribution in [2.45, 2.75) is 38.6 Å². The van der Waals surface area contributed by atoms with E-state index in [-0.39, 0.29) is 0 Å². The third-order valence-electron chi connectivity index (χ3n) is 2.96. The molecule has 2 rings (SSSR count). The Balaban J connectivity index is 1.99. The Morgan fingerprint density at radius 1 is 1.50 bits per heavy atom. The van der Waals surface area contributed by atoms with E-state index in [0.29, 0.717) is 16.1 Å². The van der Waals surface area contributed by atoms with Gasteiger partial charge in [-0.25, -0.2) is 4.98 Å². The maximum absolute atomic E-state index is 6.07. The second-order valence-corrected chi connectivity index (χ2v) is 5.26. The highest BCUT2D eigenvalue weighted by Crippen LogP contribution is 2.35. The molecule has 0 saturated heterocycles. The summed E-state index contributed by atoms with van der Waals surface area (Å²) in [5.74, 6) is 1.65. The van der Waals surface area contributed by atoms with Crippen LogP contribution in [0.1, 0.15) is 32.6 Å². The van der Waals surface area contributed by atoms with E-state index in [0.717, 1.165) is 18.2 Å². The zero-order valence-electron chi connectivity index (χ0n) is 9.34. The van der Waals surface area contributed by atoms with Crippen molar-refractivity contribution < 1.29 is 0 Å².